The predicted molar refractivity (Wildman–Crippen MR) is 163 cm³/mol. The van der Waals surface area contributed by atoms with E-state index in [9.17, 15) is 9.90 Å². The van der Waals surface area contributed by atoms with Gasteiger partial charge in [-0.05, 0) is 36.5 Å². The normalized spacial score (nSPS) is 18.3. The number of urea groups is 1. The van der Waals surface area contributed by atoms with Gasteiger partial charge in [0.25, 0.3) is 0 Å². The van der Waals surface area contributed by atoms with E-state index < -0.39 is 0 Å². The van der Waals surface area contributed by atoms with Gasteiger partial charge < -0.3 is 25.5 Å². The van der Waals surface area contributed by atoms with Gasteiger partial charge >= 0.3 is 6.03 Å². The van der Waals surface area contributed by atoms with Gasteiger partial charge in [-0.25, -0.2) is 4.79 Å². The van der Waals surface area contributed by atoms with Crippen LogP contribution in [0.4, 0.5) is 10.5 Å². The summed E-state index contributed by atoms with van der Waals surface area (Å²) in [5, 5.41) is 17.0. The number of aliphatic hydroxyl groups excluding tert-OH is 1. The monoisotopic (exact) mass is 541 g/mol. The lowest BCUT2D eigenvalue weighted by molar-refractivity contribution is 0.0444. The number of rotatable bonds is 10. The van der Waals surface area contributed by atoms with Crippen molar-refractivity contribution in [2.75, 3.05) is 64.2 Å². The van der Waals surface area contributed by atoms with Gasteiger partial charge in [-0.1, -0.05) is 78.9 Å². The molecule has 2 fully saturated rings. The number of para-hydroxylation sites is 1. The molecule has 2 saturated heterocycles. The second-order valence-electron chi connectivity index (χ2n) is 11.1. The molecular weight excluding hydrogens is 498 g/mol. The molecule has 2 aliphatic rings. The lowest BCUT2D eigenvalue weighted by Crippen LogP contribution is -2.51. The lowest BCUT2D eigenvalue weighted by Gasteiger charge is -2.37. The zero-order chi connectivity index (χ0) is 27.6. The Labute approximate surface area is 238 Å². The number of benzene rings is 3. The number of carbonyl (C=O) groups is 1. The number of carbonyl (C=O) groups excluding carboxylic acids is 1. The Morgan fingerprint density at radius 2 is 1.32 bits per heavy atom. The number of hydrogen-bond donors (Lipinski definition) is 3. The standard InChI is InChI=1S/C33H43N5O2/c39-30(26-38-23-21-36(22-24-38)18-15-27-9-3-1-4-10-27)25-37-19-16-29(17-20-37)34-33(40)35-32-14-8-7-13-31(32)28-11-5-2-6-12-28/h1-14,29-30,39H,15-26H2,(H2,34,35,40). The molecule has 40 heavy (non-hydrogen) atoms. The first-order chi connectivity index (χ1) is 19.6. The molecule has 7 heteroatoms. The van der Waals surface area contributed by atoms with Gasteiger partial charge in [0.2, 0.25) is 0 Å². The fourth-order valence-electron chi connectivity index (χ4n) is 5.85. The van der Waals surface area contributed by atoms with E-state index in [4.69, 9.17) is 0 Å². The summed E-state index contributed by atoms with van der Waals surface area (Å²) < 4.78 is 0. The summed E-state index contributed by atoms with van der Waals surface area (Å²) in [5.74, 6) is 0. The van der Waals surface area contributed by atoms with Crippen molar-refractivity contribution in [2.24, 2.45) is 0 Å². The van der Waals surface area contributed by atoms with Crippen LogP contribution in [0.15, 0.2) is 84.9 Å². The van der Waals surface area contributed by atoms with Crippen molar-refractivity contribution in [3.05, 3.63) is 90.5 Å². The Morgan fingerprint density at radius 3 is 2.02 bits per heavy atom. The molecule has 2 heterocycles. The molecular formula is C33H43N5O2. The largest absolute Gasteiger partial charge is 0.390 e. The summed E-state index contributed by atoms with van der Waals surface area (Å²) in [7, 11) is 0. The summed E-state index contributed by atoms with van der Waals surface area (Å²) in [6.45, 7) is 8.45. The van der Waals surface area contributed by atoms with Gasteiger partial charge in [-0.2, -0.15) is 0 Å². The zero-order valence-corrected chi connectivity index (χ0v) is 23.4. The first-order valence-corrected chi connectivity index (χ1v) is 14.7. The molecule has 2 aliphatic heterocycles. The minimum absolute atomic E-state index is 0.140. The quantitative estimate of drug-likeness (QED) is 0.360. The number of anilines is 1. The number of nitrogens with zero attached hydrogens (tertiary/aromatic N) is 3. The molecule has 0 radical (unpaired) electrons. The average molecular weight is 542 g/mol. The SMILES string of the molecule is O=C(Nc1ccccc1-c1ccccc1)NC1CCN(CC(O)CN2CCN(CCc3ccccc3)CC2)CC1. The summed E-state index contributed by atoms with van der Waals surface area (Å²) >= 11 is 0. The predicted octanol–water partition coefficient (Wildman–Crippen LogP) is 4.16. The summed E-state index contributed by atoms with van der Waals surface area (Å²) in [6.07, 6.45) is 2.52. The van der Waals surface area contributed by atoms with E-state index in [1.165, 1.54) is 5.56 Å². The minimum atomic E-state index is -0.349. The van der Waals surface area contributed by atoms with E-state index in [-0.39, 0.29) is 18.2 Å². The molecule has 1 unspecified atom stereocenters. The van der Waals surface area contributed by atoms with E-state index in [1.807, 2.05) is 42.5 Å². The Morgan fingerprint density at radius 1 is 0.750 bits per heavy atom. The summed E-state index contributed by atoms with van der Waals surface area (Å²) in [5.41, 5.74) is 4.29. The highest BCUT2D eigenvalue weighted by Gasteiger charge is 2.24. The van der Waals surface area contributed by atoms with Crippen LogP contribution in [-0.2, 0) is 6.42 Å². The van der Waals surface area contributed by atoms with Gasteiger partial charge in [0.15, 0.2) is 0 Å². The highest BCUT2D eigenvalue weighted by atomic mass is 16.3. The van der Waals surface area contributed by atoms with Crippen molar-refractivity contribution in [2.45, 2.75) is 31.4 Å². The van der Waals surface area contributed by atoms with Gasteiger partial charge in [0, 0.05) is 70.5 Å². The molecule has 0 spiro atoms. The Hall–Kier alpha value is -3.23. The molecule has 0 saturated carbocycles. The Bertz CT molecular complexity index is 1180. The maximum absolute atomic E-state index is 12.8. The van der Waals surface area contributed by atoms with Crippen LogP contribution < -0.4 is 10.6 Å². The topological polar surface area (TPSA) is 71.1 Å². The third-order valence-corrected chi connectivity index (χ3v) is 8.15. The average Bonchev–Trinajstić information content (AvgIpc) is 2.99. The second-order valence-corrected chi connectivity index (χ2v) is 11.1. The van der Waals surface area contributed by atoms with Gasteiger partial charge in [0.05, 0.1) is 11.8 Å². The van der Waals surface area contributed by atoms with Crippen LogP contribution in [-0.4, -0.2) is 96.9 Å². The van der Waals surface area contributed by atoms with Gasteiger partial charge in [0.1, 0.15) is 0 Å². The molecule has 3 N–H and O–H groups in total. The number of β-amino-alcohol motifs (C(OH)–C–C–N with tert-alkyl or cyclic N) is 1. The summed E-state index contributed by atoms with van der Waals surface area (Å²) in [6, 6.07) is 28.7. The van der Waals surface area contributed by atoms with Crippen LogP contribution in [0.1, 0.15) is 18.4 Å². The molecule has 7 nitrogen and oxygen atoms in total. The van der Waals surface area contributed by atoms with Gasteiger partial charge in [-0.15, -0.1) is 0 Å². The lowest BCUT2D eigenvalue weighted by atomic mass is 10.0. The van der Waals surface area contributed by atoms with E-state index >= 15 is 0 Å². The van der Waals surface area contributed by atoms with Crippen molar-refractivity contribution in [1.82, 2.24) is 20.0 Å². The number of piperidine rings is 1. The van der Waals surface area contributed by atoms with E-state index in [0.717, 1.165) is 88.4 Å². The zero-order valence-electron chi connectivity index (χ0n) is 23.4. The maximum atomic E-state index is 12.8. The highest BCUT2D eigenvalue weighted by Crippen LogP contribution is 2.27. The van der Waals surface area contributed by atoms with Crippen LogP contribution in [0, 0.1) is 0 Å². The van der Waals surface area contributed by atoms with Crippen molar-refractivity contribution >= 4 is 11.7 Å². The molecule has 0 aromatic heterocycles. The van der Waals surface area contributed by atoms with Crippen LogP contribution in [0.25, 0.3) is 11.1 Å². The third kappa shape index (κ3) is 8.38. The first-order valence-electron chi connectivity index (χ1n) is 14.7. The van der Waals surface area contributed by atoms with Crippen molar-refractivity contribution < 1.29 is 9.90 Å². The van der Waals surface area contributed by atoms with E-state index in [1.54, 1.807) is 0 Å². The number of piperazine rings is 1. The first kappa shape index (κ1) is 28.3. The minimum Gasteiger partial charge on any atom is -0.390 e. The number of aliphatic hydroxyl groups is 1. The molecule has 3 aromatic carbocycles. The number of amides is 2. The maximum Gasteiger partial charge on any atom is 0.319 e. The molecule has 3 aromatic rings. The van der Waals surface area contributed by atoms with Gasteiger partial charge in [-0.3, -0.25) is 4.90 Å². The smallest absolute Gasteiger partial charge is 0.319 e. The van der Waals surface area contributed by atoms with Crippen LogP contribution >= 0.6 is 0 Å². The van der Waals surface area contributed by atoms with Crippen LogP contribution in [0.2, 0.25) is 0 Å². The molecule has 5 rings (SSSR count). The molecule has 0 aliphatic carbocycles. The Kier molecular flexibility index (Phi) is 10.2. The fourth-order valence-corrected chi connectivity index (χ4v) is 5.85. The second kappa shape index (κ2) is 14.4. The molecule has 212 valence electrons. The van der Waals surface area contributed by atoms with Crippen molar-refractivity contribution in [1.29, 1.82) is 0 Å². The molecule has 0 bridgehead atoms. The van der Waals surface area contributed by atoms with E-state index in [0.29, 0.717) is 6.54 Å². The number of hydrogen-bond acceptors (Lipinski definition) is 5. The fraction of sp³-hybridized carbons (Fsp3) is 0.424. The Balaban J connectivity index is 0.981. The molecule has 2 amide bonds. The highest BCUT2D eigenvalue weighted by molar-refractivity contribution is 5.94. The third-order valence-electron chi connectivity index (χ3n) is 8.15. The van der Waals surface area contributed by atoms with E-state index in [2.05, 4.69) is 67.8 Å². The van der Waals surface area contributed by atoms with Crippen molar-refractivity contribution in [3.63, 3.8) is 0 Å². The number of likely N-dealkylation sites (tertiary alicyclic amines) is 1. The van der Waals surface area contributed by atoms with Crippen LogP contribution in [0.3, 0.4) is 0 Å². The van der Waals surface area contributed by atoms with Crippen molar-refractivity contribution in [3.8, 4) is 11.1 Å². The van der Waals surface area contributed by atoms with Crippen LogP contribution in [0.5, 0.6) is 0 Å². The molecule has 1 atom stereocenters. The summed E-state index contributed by atoms with van der Waals surface area (Å²) in [4.78, 5) is 20.1. The number of nitrogens with one attached hydrogen (secondary N) is 2.